The van der Waals surface area contributed by atoms with Crippen LogP contribution < -0.4 is 0 Å². The van der Waals surface area contributed by atoms with Gasteiger partial charge in [-0.15, -0.1) is 21.5 Å². The van der Waals surface area contributed by atoms with Crippen molar-refractivity contribution >= 4 is 39.3 Å². The number of fused-ring (bicyclic) bond motifs is 1. The average Bonchev–Trinajstić information content (AvgIpc) is 3.21. The van der Waals surface area contributed by atoms with Crippen molar-refractivity contribution in [2.24, 2.45) is 0 Å². The summed E-state index contributed by atoms with van der Waals surface area (Å²) in [5.41, 5.74) is 2.10. The summed E-state index contributed by atoms with van der Waals surface area (Å²) in [5.74, 6) is -0.949. The summed E-state index contributed by atoms with van der Waals surface area (Å²) in [6.45, 7) is 0.552. The summed E-state index contributed by atoms with van der Waals surface area (Å²) in [4.78, 5) is 17.1. The number of aromatic carboxylic acids is 1. The summed E-state index contributed by atoms with van der Waals surface area (Å²) < 4.78 is 1.57. The van der Waals surface area contributed by atoms with E-state index in [-0.39, 0.29) is 5.56 Å². The molecule has 9 heteroatoms. The van der Waals surface area contributed by atoms with Gasteiger partial charge in [0.25, 0.3) is 0 Å². The maximum atomic E-state index is 11.0. The van der Waals surface area contributed by atoms with Gasteiger partial charge in [0.2, 0.25) is 5.16 Å². The first-order valence-corrected chi connectivity index (χ1v) is 8.94. The smallest absolute Gasteiger partial charge is 0.335 e. The zero-order valence-corrected chi connectivity index (χ0v) is 14.4. The molecule has 0 saturated heterocycles. The standard InChI is InChI=1S/C16H11N5O2S2/c22-14(23)11-6-7-12-13(8-11)24-16(17-12)25-15-18-20-21(19-15)9-10-4-2-1-3-5-10/h1-8H,9H2,(H,22,23). The molecule has 0 bridgehead atoms. The van der Waals surface area contributed by atoms with Crippen LogP contribution in [0.3, 0.4) is 0 Å². The molecule has 2 heterocycles. The van der Waals surface area contributed by atoms with Crippen LogP contribution in [0.2, 0.25) is 0 Å². The molecule has 25 heavy (non-hydrogen) atoms. The molecule has 0 radical (unpaired) electrons. The maximum absolute atomic E-state index is 11.0. The van der Waals surface area contributed by atoms with Crippen LogP contribution in [0, 0.1) is 0 Å². The van der Waals surface area contributed by atoms with Crippen LogP contribution in [0.25, 0.3) is 10.2 Å². The summed E-state index contributed by atoms with van der Waals surface area (Å²) in [6.07, 6.45) is 0. The van der Waals surface area contributed by atoms with Crippen molar-refractivity contribution < 1.29 is 9.90 Å². The van der Waals surface area contributed by atoms with Gasteiger partial charge in [-0.1, -0.05) is 30.3 Å². The number of carbonyl (C=O) groups is 1. The van der Waals surface area contributed by atoms with Crippen LogP contribution in [0.1, 0.15) is 15.9 Å². The van der Waals surface area contributed by atoms with Gasteiger partial charge in [-0.2, -0.15) is 4.80 Å². The number of nitrogens with zero attached hydrogens (tertiary/aromatic N) is 5. The third kappa shape index (κ3) is 3.52. The third-order valence-corrected chi connectivity index (χ3v) is 5.32. The predicted molar refractivity (Wildman–Crippen MR) is 94.1 cm³/mol. The normalized spacial score (nSPS) is 11.0. The maximum Gasteiger partial charge on any atom is 0.335 e. The van der Waals surface area contributed by atoms with Crippen molar-refractivity contribution in [1.29, 1.82) is 0 Å². The van der Waals surface area contributed by atoms with E-state index in [4.69, 9.17) is 5.11 Å². The fraction of sp³-hybridized carbons (Fsp3) is 0.0625. The molecule has 7 nitrogen and oxygen atoms in total. The minimum atomic E-state index is -0.949. The molecule has 124 valence electrons. The number of carboxylic acids is 1. The van der Waals surface area contributed by atoms with E-state index in [9.17, 15) is 4.79 Å². The van der Waals surface area contributed by atoms with Crippen LogP contribution in [-0.4, -0.2) is 36.3 Å². The summed E-state index contributed by atoms with van der Waals surface area (Å²) in [7, 11) is 0. The minimum Gasteiger partial charge on any atom is -0.478 e. The Kier molecular flexibility index (Phi) is 4.16. The number of hydrogen-bond acceptors (Lipinski definition) is 7. The van der Waals surface area contributed by atoms with Gasteiger partial charge >= 0.3 is 5.97 Å². The molecule has 0 aliphatic rings. The molecule has 0 spiro atoms. The van der Waals surface area contributed by atoms with Crippen LogP contribution in [0.4, 0.5) is 0 Å². The molecular weight excluding hydrogens is 358 g/mol. The summed E-state index contributed by atoms with van der Waals surface area (Å²) >= 11 is 2.72. The van der Waals surface area contributed by atoms with Crippen molar-refractivity contribution in [3.8, 4) is 0 Å². The van der Waals surface area contributed by atoms with Crippen LogP contribution in [-0.2, 0) is 6.54 Å². The topological polar surface area (TPSA) is 93.8 Å². The Labute approximate surface area is 150 Å². The highest BCUT2D eigenvalue weighted by atomic mass is 32.2. The van der Waals surface area contributed by atoms with Gasteiger partial charge in [-0.05, 0) is 40.7 Å². The first-order valence-electron chi connectivity index (χ1n) is 7.31. The van der Waals surface area contributed by atoms with E-state index >= 15 is 0 Å². The zero-order valence-electron chi connectivity index (χ0n) is 12.7. The van der Waals surface area contributed by atoms with E-state index in [0.717, 1.165) is 20.1 Å². The van der Waals surface area contributed by atoms with Crippen LogP contribution in [0.15, 0.2) is 58.0 Å². The lowest BCUT2D eigenvalue weighted by molar-refractivity contribution is 0.0697. The van der Waals surface area contributed by atoms with E-state index in [1.807, 2.05) is 30.3 Å². The molecule has 4 rings (SSSR count). The van der Waals surface area contributed by atoms with Gasteiger partial charge in [0, 0.05) is 0 Å². The largest absolute Gasteiger partial charge is 0.478 e. The van der Waals surface area contributed by atoms with Gasteiger partial charge in [-0.3, -0.25) is 0 Å². The quantitative estimate of drug-likeness (QED) is 0.577. The average molecular weight is 369 g/mol. The Morgan fingerprint density at radius 3 is 2.84 bits per heavy atom. The molecule has 0 unspecified atom stereocenters. The Balaban J connectivity index is 1.52. The van der Waals surface area contributed by atoms with Crippen molar-refractivity contribution in [3.05, 3.63) is 59.7 Å². The molecule has 0 atom stereocenters. The number of carboxylic acid groups (broad SMARTS) is 1. The fourth-order valence-electron chi connectivity index (χ4n) is 2.24. The molecule has 1 N–H and O–H groups in total. The lowest BCUT2D eigenvalue weighted by Crippen LogP contribution is -2.03. The molecule has 0 amide bonds. The lowest BCUT2D eigenvalue weighted by Gasteiger charge is -1.97. The number of rotatable bonds is 5. The third-order valence-electron chi connectivity index (χ3n) is 3.40. The Morgan fingerprint density at radius 1 is 1.20 bits per heavy atom. The number of tetrazole rings is 1. The number of thiazole rings is 1. The van der Waals surface area contributed by atoms with Crippen molar-refractivity contribution in [1.82, 2.24) is 25.2 Å². The lowest BCUT2D eigenvalue weighted by atomic mass is 10.2. The predicted octanol–water partition coefficient (Wildman–Crippen LogP) is 3.18. The second-order valence-corrected chi connectivity index (χ2v) is 7.40. The number of aromatic nitrogens is 5. The van der Waals surface area contributed by atoms with E-state index in [1.54, 1.807) is 18.2 Å². The molecule has 2 aromatic heterocycles. The van der Waals surface area contributed by atoms with E-state index in [0.29, 0.717) is 11.7 Å². The Bertz CT molecular complexity index is 1050. The highest BCUT2D eigenvalue weighted by Crippen LogP contribution is 2.32. The second-order valence-electron chi connectivity index (χ2n) is 5.16. The van der Waals surface area contributed by atoms with Crippen LogP contribution in [0.5, 0.6) is 0 Å². The van der Waals surface area contributed by atoms with Crippen molar-refractivity contribution in [3.63, 3.8) is 0 Å². The minimum absolute atomic E-state index is 0.250. The monoisotopic (exact) mass is 369 g/mol. The fourth-order valence-corrected chi connectivity index (χ4v) is 4.15. The molecule has 0 aliphatic heterocycles. The highest BCUT2D eigenvalue weighted by molar-refractivity contribution is 8.01. The van der Waals surface area contributed by atoms with E-state index in [1.165, 1.54) is 27.9 Å². The van der Waals surface area contributed by atoms with Gasteiger partial charge in [0.05, 0.1) is 22.3 Å². The molecule has 4 aromatic rings. The number of benzene rings is 2. The van der Waals surface area contributed by atoms with Gasteiger partial charge in [0.15, 0.2) is 4.34 Å². The van der Waals surface area contributed by atoms with Crippen LogP contribution >= 0.6 is 23.1 Å². The summed E-state index contributed by atoms with van der Waals surface area (Å²) in [5, 5.41) is 22.0. The van der Waals surface area contributed by atoms with Gasteiger partial charge in [0.1, 0.15) is 0 Å². The molecule has 2 aromatic carbocycles. The van der Waals surface area contributed by atoms with Gasteiger partial charge in [-0.25, -0.2) is 9.78 Å². The molecule has 0 aliphatic carbocycles. The molecule has 0 saturated carbocycles. The zero-order chi connectivity index (χ0) is 17.2. The first-order chi connectivity index (χ1) is 12.2. The SMILES string of the molecule is O=C(O)c1ccc2nc(Sc3nnn(Cc4ccccc4)n3)sc2c1. The highest BCUT2D eigenvalue weighted by Gasteiger charge is 2.12. The van der Waals surface area contributed by atoms with Crippen molar-refractivity contribution in [2.75, 3.05) is 0 Å². The van der Waals surface area contributed by atoms with E-state index < -0.39 is 5.97 Å². The van der Waals surface area contributed by atoms with Crippen molar-refractivity contribution in [2.45, 2.75) is 16.0 Å². The first kappa shape index (κ1) is 15.7. The molecule has 0 fully saturated rings. The van der Waals surface area contributed by atoms with E-state index in [2.05, 4.69) is 20.4 Å². The Morgan fingerprint density at radius 2 is 2.04 bits per heavy atom. The van der Waals surface area contributed by atoms with Gasteiger partial charge < -0.3 is 5.11 Å². The Hall–Kier alpha value is -2.78. The second kappa shape index (κ2) is 6.61. The summed E-state index contributed by atoms with van der Waals surface area (Å²) in [6, 6.07) is 14.8. The number of hydrogen-bond donors (Lipinski definition) is 1. The molecular formula is C16H11N5O2S2.